The first-order valence-electron chi connectivity index (χ1n) is 12.1. The number of amides is 2. The van der Waals surface area contributed by atoms with Crippen LogP contribution in [0.1, 0.15) is 64.7 Å². The van der Waals surface area contributed by atoms with Gasteiger partial charge in [-0.2, -0.15) is 4.98 Å². The van der Waals surface area contributed by atoms with Gasteiger partial charge in [-0.3, -0.25) is 14.5 Å². The molecule has 1 unspecified atom stereocenters. The van der Waals surface area contributed by atoms with Crippen LogP contribution in [0.15, 0.2) is 4.52 Å². The van der Waals surface area contributed by atoms with Crippen molar-refractivity contribution in [1.82, 2.24) is 30.2 Å². The number of hydrogen-bond acceptors (Lipinski definition) is 7. The van der Waals surface area contributed by atoms with E-state index in [0.29, 0.717) is 24.8 Å². The average Bonchev–Trinajstić information content (AvgIpc) is 3.35. The molecule has 9 heteroatoms. The Bertz CT molecular complexity index is 768. The van der Waals surface area contributed by atoms with Crippen LogP contribution < -0.4 is 5.32 Å². The molecule has 180 valence electrons. The third kappa shape index (κ3) is 5.86. The van der Waals surface area contributed by atoms with Crippen molar-refractivity contribution in [2.24, 2.45) is 11.3 Å². The fourth-order valence-electron chi connectivity index (χ4n) is 5.07. The molecule has 0 radical (unpaired) electrons. The summed E-state index contributed by atoms with van der Waals surface area (Å²) in [5, 5.41) is 7.05. The van der Waals surface area contributed by atoms with Crippen molar-refractivity contribution in [1.29, 1.82) is 0 Å². The predicted molar refractivity (Wildman–Crippen MR) is 122 cm³/mol. The van der Waals surface area contributed by atoms with E-state index in [9.17, 15) is 9.59 Å². The number of likely N-dealkylation sites (N-methyl/N-ethyl adjacent to an activating group) is 1. The molecular weight excluding hydrogens is 408 g/mol. The van der Waals surface area contributed by atoms with Crippen LogP contribution in [-0.2, 0) is 9.59 Å². The zero-order valence-electron chi connectivity index (χ0n) is 20.4. The van der Waals surface area contributed by atoms with Crippen molar-refractivity contribution >= 4 is 11.8 Å². The minimum atomic E-state index is -0.0583. The Morgan fingerprint density at radius 2 is 1.94 bits per heavy atom. The van der Waals surface area contributed by atoms with Crippen LogP contribution >= 0.6 is 0 Å². The molecule has 2 aliphatic rings. The van der Waals surface area contributed by atoms with Gasteiger partial charge in [0.25, 0.3) is 0 Å². The summed E-state index contributed by atoms with van der Waals surface area (Å²) in [6, 6.07) is -0.0583. The van der Waals surface area contributed by atoms with Gasteiger partial charge in [0.15, 0.2) is 5.82 Å². The lowest BCUT2D eigenvalue weighted by Crippen LogP contribution is -2.46. The van der Waals surface area contributed by atoms with Gasteiger partial charge < -0.3 is 19.6 Å². The first-order chi connectivity index (χ1) is 15.3. The quantitative estimate of drug-likeness (QED) is 0.616. The minimum absolute atomic E-state index is 0.0262. The Morgan fingerprint density at radius 3 is 2.50 bits per heavy atom. The zero-order chi connectivity index (χ0) is 23.3. The van der Waals surface area contributed by atoms with E-state index in [4.69, 9.17) is 4.52 Å². The van der Waals surface area contributed by atoms with Gasteiger partial charge in [0, 0.05) is 38.6 Å². The van der Waals surface area contributed by atoms with E-state index in [2.05, 4.69) is 39.1 Å². The highest BCUT2D eigenvalue weighted by Crippen LogP contribution is 2.48. The molecule has 3 heterocycles. The lowest BCUT2D eigenvalue weighted by Gasteiger charge is -2.40. The van der Waals surface area contributed by atoms with Crippen LogP contribution in [0.25, 0.3) is 0 Å². The highest BCUT2D eigenvalue weighted by molar-refractivity contribution is 5.78. The van der Waals surface area contributed by atoms with Gasteiger partial charge in [-0.15, -0.1) is 0 Å². The molecule has 1 aromatic rings. The fourth-order valence-corrected chi connectivity index (χ4v) is 5.07. The second kappa shape index (κ2) is 10.7. The van der Waals surface area contributed by atoms with Gasteiger partial charge in [-0.05, 0) is 44.7 Å². The Morgan fingerprint density at radius 1 is 1.25 bits per heavy atom. The molecular formula is C23H40N6O3. The maximum atomic E-state index is 12.7. The summed E-state index contributed by atoms with van der Waals surface area (Å²) in [7, 11) is 0. The third-order valence-corrected chi connectivity index (χ3v) is 7.05. The third-order valence-electron chi connectivity index (χ3n) is 7.05. The molecule has 9 nitrogen and oxygen atoms in total. The predicted octanol–water partition coefficient (Wildman–Crippen LogP) is 1.85. The number of hydrogen-bond donors (Lipinski definition) is 1. The molecule has 32 heavy (non-hydrogen) atoms. The van der Waals surface area contributed by atoms with Crippen molar-refractivity contribution in [2.75, 3.05) is 52.4 Å². The monoisotopic (exact) mass is 448 g/mol. The molecule has 0 saturated carbocycles. The summed E-state index contributed by atoms with van der Waals surface area (Å²) in [5.74, 6) is 1.49. The zero-order valence-corrected chi connectivity index (χ0v) is 20.4. The molecule has 2 saturated heterocycles. The van der Waals surface area contributed by atoms with Crippen molar-refractivity contribution < 1.29 is 14.1 Å². The normalized spacial score (nSPS) is 21.1. The van der Waals surface area contributed by atoms with Crippen LogP contribution in [0.3, 0.4) is 0 Å². The lowest BCUT2D eigenvalue weighted by atomic mass is 9.76. The van der Waals surface area contributed by atoms with Crippen molar-refractivity contribution in [3.8, 4) is 0 Å². The van der Waals surface area contributed by atoms with Crippen LogP contribution in [-0.4, -0.2) is 89.0 Å². The first kappa shape index (κ1) is 24.6. The highest BCUT2D eigenvalue weighted by Gasteiger charge is 2.48. The molecule has 1 N–H and O–H groups in total. The van der Waals surface area contributed by atoms with Gasteiger partial charge in [0.1, 0.15) is 0 Å². The maximum Gasteiger partial charge on any atom is 0.244 e. The van der Waals surface area contributed by atoms with Crippen LogP contribution in [0.4, 0.5) is 0 Å². The summed E-state index contributed by atoms with van der Waals surface area (Å²) in [4.78, 5) is 36.1. The second-order valence-electron chi connectivity index (χ2n) is 9.66. The molecule has 1 aromatic heterocycles. The summed E-state index contributed by atoms with van der Waals surface area (Å²) in [6.45, 7) is 16.1. The Balaban J connectivity index is 1.63. The van der Waals surface area contributed by atoms with Crippen LogP contribution in [0, 0.1) is 18.3 Å². The Kier molecular flexibility index (Phi) is 8.27. The summed E-state index contributed by atoms with van der Waals surface area (Å²) in [6.07, 6.45) is 2.76. The van der Waals surface area contributed by atoms with Crippen molar-refractivity contribution in [3.63, 3.8) is 0 Å². The summed E-state index contributed by atoms with van der Waals surface area (Å²) < 4.78 is 5.52. The fraction of sp³-hybridized carbons (Fsp3) is 0.826. The number of carbonyl (C=O) groups excluding carboxylic acids is 2. The Hall–Kier alpha value is -2.00. The highest BCUT2D eigenvalue weighted by atomic mass is 16.5. The van der Waals surface area contributed by atoms with Crippen molar-refractivity contribution in [2.45, 2.75) is 59.9 Å². The average molecular weight is 449 g/mol. The van der Waals surface area contributed by atoms with E-state index in [0.717, 1.165) is 58.5 Å². The molecule has 2 amide bonds. The molecule has 2 fully saturated rings. The van der Waals surface area contributed by atoms with E-state index in [1.807, 2.05) is 25.7 Å². The number of piperidine rings is 1. The number of aromatic nitrogens is 2. The van der Waals surface area contributed by atoms with E-state index in [1.165, 1.54) is 0 Å². The molecule has 1 atom stereocenters. The number of likely N-dealkylation sites (tertiary alicyclic amines) is 2. The first-order valence-corrected chi connectivity index (χ1v) is 12.1. The molecule has 2 aliphatic heterocycles. The largest absolute Gasteiger partial charge is 0.354 e. The van der Waals surface area contributed by atoms with Gasteiger partial charge in [0.05, 0.1) is 12.6 Å². The molecule has 0 aliphatic carbocycles. The summed E-state index contributed by atoms with van der Waals surface area (Å²) in [5.41, 5.74) is 0.0717. The second-order valence-corrected chi connectivity index (χ2v) is 9.66. The number of aryl methyl sites for hydroxylation is 1. The lowest BCUT2D eigenvalue weighted by molar-refractivity contribution is -0.136. The number of carbonyl (C=O) groups is 2. The van der Waals surface area contributed by atoms with E-state index in [-0.39, 0.29) is 29.2 Å². The van der Waals surface area contributed by atoms with Crippen molar-refractivity contribution in [3.05, 3.63) is 11.7 Å². The SMILES string of the molecule is CCN(CC)CCNC(=O)CN1CC2(CCN(C(=O)C(C)C)CC2)CC1c1nc(C)no1. The summed E-state index contributed by atoms with van der Waals surface area (Å²) >= 11 is 0. The van der Waals surface area contributed by atoms with Gasteiger partial charge in [0.2, 0.25) is 17.7 Å². The minimum Gasteiger partial charge on any atom is -0.354 e. The smallest absolute Gasteiger partial charge is 0.244 e. The Labute approximate surface area is 191 Å². The van der Waals surface area contributed by atoms with E-state index in [1.54, 1.807) is 0 Å². The van der Waals surface area contributed by atoms with Gasteiger partial charge in [-0.1, -0.05) is 32.9 Å². The van der Waals surface area contributed by atoms with E-state index < -0.39 is 0 Å². The topological polar surface area (TPSA) is 94.8 Å². The molecule has 3 rings (SSSR count). The number of nitrogens with zero attached hydrogens (tertiary/aromatic N) is 5. The van der Waals surface area contributed by atoms with Gasteiger partial charge >= 0.3 is 0 Å². The number of nitrogens with one attached hydrogen (secondary N) is 1. The van der Waals surface area contributed by atoms with Gasteiger partial charge in [-0.25, -0.2) is 0 Å². The van der Waals surface area contributed by atoms with E-state index >= 15 is 0 Å². The van der Waals surface area contributed by atoms with Crippen LogP contribution in [0.2, 0.25) is 0 Å². The number of rotatable bonds is 9. The maximum absolute atomic E-state index is 12.7. The molecule has 0 aromatic carbocycles. The standard InChI is InChI=1S/C23H40N6O3/c1-6-27(7-2)13-10-24-20(30)15-29-16-23(14-19(29)21-25-18(5)26-32-21)8-11-28(12-9-23)22(31)17(3)4/h17,19H,6-16H2,1-5H3,(H,24,30). The molecule has 1 spiro atoms. The molecule has 0 bridgehead atoms. The van der Waals surface area contributed by atoms with Crippen LogP contribution in [0.5, 0.6) is 0 Å².